The average molecular weight is 390 g/mol. The fourth-order valence-corrected chi connectivity index (χ4v) is 2.65. The summed E-state index contributed by atoms with van der Waals surface area (Å²) in [5, 5.41) is 5.59. The smallest absolute Gasteiger partial charge is 0.265 e. The van der Waals surface area contributed by atoms with Crippen LogP contribution in [0, 0.1) is 0 Å². The Morgan fingerprint density at radius 3 is 2.14 bits per heavy atom. The molecule has 0 heterocycles. The Morgan fingerprint density at radius 2 is 1.45 bits per heavy atom. The summed E-state index contributed by atoms with van der Waals surface area (Å²) in [6.07, 6.45) is -0.727. The topological polar surface area (TPSA) is 76.7 Å². The van der Waals surface area contributed by atoms with Crippen LogP contribution in [0.1, 0.15) is 17.3 Å². The van der Waals surface area contributed by atoms with E-state index in [1.807, 2.05) is 18.2 Å². The normalized spacial score (nSPS) is 11.2. The molecule has 3 aromatic carbocycles. The van der Waals surface area contributed by atoms with Gasteiger partial charge in [0.1, 0.15) is 11.5 Å². The first-order valence-corrected chi connectivity index (χ1v) is 9.14. The Kier molecular flexibility index (Phi) is 6.47. The number of anilines is 2. The molecule has 0 aliphatic rings. The molecule has 0 radical (unpaired) electrons. The number of rotatable bonds is 7. The van der Waals surface area contributed by atoms with E-state index in [9.17, 15) is 9.59 Å². The van der Waals surface area contributed by atoms with Crippen molar-refractivity contribution in [3.63, 3.8) is 0 Å². The maximum atomic E-state index is 12.7. The minimum Gasteiger partial charge on any atom is -0.497 e. The largest absolute Gasteiger partial charge is 0.497 e. The molecule has 0 fully saturated rings. The zero-order valence-corrected chi connectivity index (χ0v) is 16.2. The number of para-hydroxylation sites is 2. The molecule has 0 unspecified atom stereocenters. The SMILES string of the molecule is COc1ccc(NC(=O)c2ccccc2NC(=O)[C@@H](C)Oc2ccccc2)cc1. The van der Waals surface area contributed by atoms with Gasteiger partial charge in [0.15, 0.2) is 6.10 Å². The lowest BCUT2D eigenvalue weighted by Gasteiger charge is -2.16. The summed E-state index contributed by atoms with van der Waals surface area (Å²) in [7, 11) is 1.58. The second-order valence-electron chi connectivity index (χ2n) is 6.29. The second kappa shape index (κ2) is 9.41. The summed E-state index contributed by atoms with van der Waals surface area (Å²) in [5.41, 5.74) is 1.38. The minimum atomic E-state index is -0.727. The molecule has 6 heteroatoms. The Morgan fingerprint density at radius 1 is 0.793 bits per heavy atom. The summed E-state index contributed by atoms with van der Waals surface area (Å²) in [5.74, 6) is 0.616. The summed E-state index contributed by atoms with van der Waals surface area (Å²) >= 11 is 0. The standard InChI is InChI=1S/C23H22N2O4/c1-16(29-19-8-4-3-5-9-19)22(26)25-21-11-7-6-10-20(21)23(27)24-17-12-14-18(28-2)15-13-17/h3-16H,1-2H3,(H,24,27)(H,25,26)/t16-/m1/s1. The number of carbonyl (C=O) groups is 2. The number of amides is 2. The highest BCUT2D eigenvalue weighted by Gasteiger charge is 2.18. The quantitative estimate of drug-likeness (QED) is 0.629. The zero-order valence-electron chi connectivity index (χ0n) is 16.2. The molecule has 0 aliphatic heterocycles. The first kappa shape index (κ1) is 19.9. The third-order valence-corrected chi connectivity index (χ3v) is 4.20. The molecule has 0 aromatic heterocycles. The maximum absolute atomic E-state index is 12.7. The molecular weight excluding hydrogens is 368 g/mol. The molecule has 3 aromatic rings. The lowest BCUT2D eigenvalue weighted by Crippen LogP contribution is -2.31. The van der Waals surface area contributed by atoms with Crippen LogP contribution in [0.3, 0.4) is 0 Å². The summed E-state index contributed by atoms with van der Waals surface area (Å²) < 4.78 is 10.8. The van der Waals surface area contributed by atoms with E-state index in [0.29, 0.717) is 28.4 Å². The molecular formula is C23H22N2O4. The number of hydrogen-bond acceptors (Lipinski definition) is 4. The van der Waals surface area contributed by atoms with Crippen molar-refractivity contribution in [2.45, 2.75) is 13.0 Å². The fourth-order valence-electron chi connectivity index (χ4n) is 2.65. The molecule has 0 spiro atoms. The molecule has 0 saturated heterocycles. The van der Waals surface area contributed by atoms with E-state index in [0.717, 1.165) is 0 Å². The van der Waals surface area contributed by atoms with Crippen LogP contribution < -0.4 is 20.1 Å². The number of carbonyl (C=O) groups excluding carboxylic acids is 2. The van der Waals surface area contributed by atoms with Crippen LogP contribution in [-0.4, -0.2) is 25.0 Å². The van der Waals surface area contributed by atoms with Crippen molar-refractivity contribution in [2.75, 3.05) is 17.7 Å². The Labute approximate surface area is 169 Å². The molecule has 6 nitrogen and oxygen atoms in total. The van der Waals surface area contributed by atoms with Gasteiger partial charge in [0.05, 0.1) is 18.4 Å². The molecule has 0 aliphatic carbocycles. The summed E-state index contributed by atoms with van der Waals surface area (Å²) in [4.78, 5) is 25.2. The number of ether oxygens (including phenoxy) is 2. The molecule has 1 atom stereocenters. The Hall–Kier alpha value is -3.80. The van der Waals surface area contributed by atoms with Crippen molar-refractivity contribution in [3.8, 4) is 11.5 Å². The van der Waals surface area contributed by atoms with Crippen molar-refractivity contribution in [2.24, 2.45) is 0 Å². The van der Waals surface area contributed by atoms with E-state index in [-0.39, 0.29) is 11.8 Å². The highest BCUT2D eigenvalue weighted by molar-refractivity contribution is 6.10. The minimum absolute atomic E-state index is 0.331. The van der Waals surface area contributed by atoms with Crippen LogP contribution in [0.2, 0.25) is 0 Å². The van der Waals surface area contributed by atoms with Gasteiger partial charge in [-0.2, -0.15) is 0 Å². The van der Waals surface area contributed by atoms with E-state index in [2.05, 4.69) is 10.6 Å². The van der Waals surface area contributed by atoms with E-state index < -0.39 is 6.10 Å². The van der Waals surface area contributed by atoms with Crippen LogP contribution in [-0.2, 0) is 4.79 Å². The molecule has 0 bridgehead atoms. The van der Waals surface area contributed by atoms with Crippen LogP contribution in [0.15, 0.2) is 78.9 Å². The molecule has 29 heavy (non-hydrogen) atoms. The zero-order chi connectivity index (χ0) is 20.6. The van der Waals surface area contributed by atoms with Gasteiger partial charge in [-0.1, -0.05) is 30.3 Å². The van der Waals surface area contributed by atoms with Gasteiger partial charge in [-0.05, 0) is 55.5 Å². The summed E-state index contributed by atoms with van der Waals surface area (Å²) in [6, 6.07) is 22.9. The summed E-state index contributed by atoms with van der Waals surface area (Å²) in [6.45, 7) is 1.66. The van der Waals surface area contributed by atoms with Crippen molar-refractivity contribution in [1.29, 1.82) is 0 Å². The van der Waals surface area contributed by atoms with Crippen LogP contribution in [0.5, 0.6) is 11.5 Å². The predicted octanol–water partition coefficient (Wildman–Crippen LogP) is 4.35. The number of nitrogens with one attached hydrogen (secondary N) is 2. The number of benzene rings is 3. The molecule has 2 amide bonds. The first-order chi connectivity index (χ1) is 14.1. The molecule has 148 valence electrons. The van der Waals surface area contributed by atoms with Gasteiger partial charge in [-0.15, -0.1) is 0 Å². The highest BCUT2D eigenvalue weighted by atomic mass is 16.5. The van der Waals surface area contributed by atoms with Gasteiger partial charge in [0, 0.05) is 5.69 Å². The van der Waals surface area contributed by atoms with E-state index in [4.69, 9.17) is 9.47 Å². The van der Waals surface area contributed by atoms with Crippen molar-refractivity contribution >= 4 is 23.2 Å². The van der Waals surface area contributed by atoms with Gasteiger partial charge in [0.2, 0.25) is 0 Å². The van der Waals surface area contributed by atoms with Crippen LogP contribution in [0.25, 0.3) is 0 Å². The fraction of sp³-hybridized carbons (Fsp3) is 0.130. The molecule has 0 saturated carbocycles. The van der Waals surface area contributed by atoms with Gasteiger partial charge < -0.3 is 20.1 Å². The monoisotopic (exact) mass is 390 g/mol. The van der Waals surface area contributed by atoms with Gasteiger partial charge in [-0.25, -0.2) is 0 Å². The van der Waals surface area contributed by atoms with Crippen molar-refractivity contribution in [1.82, 2.24) is 0 Å². The van der Waals surface area contributed by atoms with Gasteiger partial charge in [0.25, 0.3) is 11.8 Å². The second-order valence-corrected chi connectivity index (χ2v) is 6.29. The average Bonchev–Trinajstić information content (AvgIpc) is 2.75. The third kappa shape index (κ3) is 5.35. The highest BCUT2D eigenvalue weighted by Crippen LogP contribution is 2.20. The molecule has 2 N–H and O–H groups in total. The molecule has 3 rings (SSSR count). The lowest BCUT2D eigenvalue weighted by atomic mass is 10.1. The Bertz CT molecular complexity index is 972. The van der Waals surface area contributed by atoms with E-state index in [1.54, 1.807) is 74.7 Å². The van der Waals surface area contributed by atoms with E-state index >= 15 is 0 Å². The van der Waals surface area contributed by atoms with E-state index in [1.165, 1.54) is 0 Å². The number of hydrogen-bond donors (Lipinski definition) is 2. The van der Waals surface area contributed by atoms with Crippen molar-refractivity contribution < 1.29 is 19.1 Å². The maximum Gasteiger partial charge on any atom is 0.265 e. The van der Waals surface area contributed by atoms with Gasteiger partial charge >= 0.3 is 0 Å². The number of methoxy groups -OCH3 is 1. The first-order valence-electron chi connectivity index (χ1n) is 9.14. The van der Waals surface area contributed by atoms with Gasteiger partial charge in [-0.3, -0.25) is 9.59 Å². The Balaban J connectivity index is 1.68. The van der Waals surface area contributed by atoms with Crippen LogP contribution in [0.4, 0.5) is 11.4 Å². The third-order valence-electron chi connectivity index (χ3n) is 4.20. The van der Waals surface area contributed by atoms with Crippen molar-refractivity contribution in [3.05, 3.63) is 84.4 Å². The predicted molar refractivity (Wildman–Crippen MR) is 113 cm³/mol. The van der Waals surface area contributed by atoms with Crippen LogP contribution >= 0.6 is 0 Å². The lowest BCUT2D eigenvalue weighted by molar-refractivity contribution is -0.122.